The monoisotopic (exact) mass is 549 g/mol. The molecule has 1 aliphatic heterocycles. The summed E-state index contributed by atoms with van der Waals surface area (Å²) in [4.78, 5) is 51.0. The topological polar surface area (TPSA) is 134 Å². The van der Waals surface area contributed by atoms with Gasteiger partial charge in [-0.25, -0.2) is 9.18 Å². The smallest absolute Gasteiger partial charge is 0.335 e. The molecule has 4 rings (SSSR count). The van der Waals surface area contributed by atoms with Crippen LogP contribution in [0.2, 0.25) is 0 Å². The average Bonchev–Trinajstić information content (AvgIpc) is 2.91. The number of carbonyl (C=O) groups is 4. The molecule has 0 aliphatic carbocycles. The third-order valence-electron chi connectivity index (χ3n) is 5.46. The summed E-state index contributed by atoms with van der Waals surface area (Å²) in [5.74, 6) is -3.47. The molecule has 0 radical (unpaired) electrons. The first-order valence-corrected chi connectivity index (χ1v) is 11.7. The first-order chi connectivity index (χ1) is 18.7. The molecule has 0 bridgehead atoms. The van der Waals surface area contributed by atoms with Crippen molar-refractivity contribution in [2.45, 2.75) is 0 Å². The molecule has 12 heteroatoms. The van der Waals surface area contributed by atoms with Gasteiger partial charge in [0, 0.05) is 11.3 Å². The summed E-state index contributed by atoms with van der Waals surface area (Å²) < 4.78 is 24.2. The van der Waals surface area contributed by atoms with E-state index >= 15 is 0 Å². The van der Waals surface area contributed by atoms with Crippen molar-refractivity contribution in [3.05, 3.63) is 89.2 Å². The van der Waals surface area contributed by atoms with Crippen LogP contribution in [0.25, 0.3) is 6.08 Å². The number of hydrogen-bond acceptors (Lipinski definition) is 7. The molecule has 1 aliphatic rings. The Balaban J connectivity index is 1.63. The SMILES string of the molecule is COc1cccc(C=C2C(=O)NC(=S)N(c3cccc(C(=O)O)c3)C2=O)c1OCC(=O)Nc1ccc(F)cc1. The Kier molecular flexibility index (Phi) is 7.96. The molecule has 10 nitrogen and oxygen atoms in total. The van der Waals surface area contributed by atoms with Crippen molar-refractivity contribution in [3.63, 3.8) is 0 Å². The standard InChI is InChI=1S/C27H20FN3O7S/c1-37-21-7-3-4-15(23(21)38-14-22(32)29-18-10-8-17(28)9-11-18)13-20-24(33)30-27(39)31(25(20)34)19-6-2-5-16(12-19)26(35)36/h2-13H,14H2,1H3,(H,29,32)(H,35,36)(H,30,33,39). The molecule has 1 heterocycles. The number of ether oxygens (including phenoxy) is 2. The van der Waals surface area contributed by atoms with E-state index in [2.05, 4.69) is 10.6 Å². The number of aromatic carboxylic acids is 1. The Bertz CT molecular complexity index is 1520. The number of benzene rings is 3. The lowest BCUT2D eigenvalue weighted by atomic mass is 10.1. The quantitative estimate of drug-likeness (QED) is 0.221. The number of carbonyl (C=O) groups excluding carboxylic acids is 3. The molecule has 3 aromatic rings. The van der Waals surface area contributed by atoms with Gasteiger partial charge >= 0.3 is 5.97 Å². The predicted molar refractivity (Wildman–Crippen MR) is 143 cm³/mol. The van der Waals surface area contributed by atoms with Gasteiger partial charge in [-0.3, -0.25) is 24.6 Å². The molecule has 198 valence electrons. The van der Waals surface area contributed by atoms with Crippen molar-refractivity contribution in [3.8, 4) is 11.5 Å². The van der Waals surface area contributed by atoms with E-state index in [1.54, 1.807) is 18.2 Å². The summed E-state index contributed by atoms with van der Waals surface area (Å²) in [5.41, 5.74) is 0.357. The number of thiocarbonyl (C=S) groups is 1. The number of amides is 3. The largest absolute Gasteiger partial charge is 0.493 e. The summed E-state index contributed by atoms with van der Waals surface area (Å²) in [6, 6.07) is 15.4. The number of rotatable bonds is 8. The minimum absolute atomic E-state index is 0.0760. The molecule has 1 saturated heterocycles. The van der Waals surface area contributed by atoms with Crippen LogP contribution in [0, 0.1) is 5.82 Å². The zero-order valence-electron chi connectivity index (χ0n) is 20.3. The third-order valence-corrected chi connectivity index (χ3v) is 5.74. The number of nitrogens with zero attached hydrogens (tertiary/aromatic N) is 1. The Morgan fingerprint density at radius 3 is 2.51 bits per heavy atom. The fraction of sp³-hybridized carbons (Fsp3) is 0.0741. The van der Waals surface area contributed by atoms with E-state index in [0.29, 0.717) is 5.69 Å². The van der Waals surface area contributed by atoms with E-state index in [-0.39, 0.29) is 39.0 Å². The molecule has 3 N–H and O–H groups in total. The van der Waals surface area contributed by atoms with E-state index in [9.17, 15) is 28.7 Å². The highest BCUT2D eigenvalue weighted by Crippen LogP contribution is 2.33. The van der Waals surface area contributed by atoms with Crippen LogP contribution in [0.15, 0.2) is 72.3 Å². The van der Waals surface area contributed by atoms with E-state index in [1.165, 1.54) is 61.7 Å². The van der Waals surface area contributed by atoms with Crippen molar-refractivity contribution in [1.82, 2.24) is 5.32 Å². The first kappa shape index (κ1) is 26.9. The normalized spacial score (nSPS) is 14.2. The second-order valence-corrected chi connectivity index (χ2v) is 8.42. The first-order valence-electron chi connectivity index (χ1n) is 11.3. The Morgan fingerprint density at radius 2 is 1.82 bits per heavy atom. The Morgan fingerprint density at radius 1 is 1.10 bits per heavy atom. The fourth-order valence-electron chi connectivity index (χ4n) is 3.66. The summed E-state index contributed by atoms with van der Waals surface area (Å²) in [5, 5.41) is 14.1. The summed E-state index contributed by atoms with van der Waals surface area (Å²) in [6.45, 7) is -0.466. The highest BCUT2D eigenvalue weighted by Gasteiger charge is 2.35. The van der Waals surface area contributed by atoms with Gasteiger partial charge in [-0.05, 0) is 66.8 Å². The van der Waals surface area contributed by atoms with Gasteiger partial charge in [0.05, 0.1) is 18.4 Å². The number of carboxylic acids is 1. The number of anilines is 2. The van der Waals surface area contributed by atoms with E-state index < -0.39 is 36.1 Å². The molecule has 3 aromatic carbocycles. The van der Waals surface area contributed by atoms with Crippen molar-refractivity contribution >= 4 is 58.5 Å². The van der Waals surface area contributed by atoms with Crippen LogP contribution in [0.1, 0.15) is 15.9 Å². The van der Waals surface area contributed by atoms with Crippen LogP contribution in [0.4, 0.5) is 15.8 Å². The molecule has 0 aromatic heterocycles. The zero-order valence-corrected chi connectivity index (χ0v) is 21.1. The number of halogens is 1. The van der Waals surface area contributed by atoms with Crippen molar-refractivity contribution in [2.75, 3.05) is 23.9 Å². The number of para-hydroxylation sites is 1. The lowest BCUT2D eigenvalue weighted by molar-refractivity contribution is -0.122. The van der Waals surface area contributed by atoms with Gasteiger partial charge in [0.15, 0.2) is 23.2 Å². The number of methoxy groups -OCH3 is 1. The molecule has 1 fully saturated rings. The van der Waals surface area contributed by atoms with Gasteiger partial charge in [-0.1, -0.05) is 18.2 Å². The Hall–Kier alpha value is -5.10. The van der Waals surface area contributed by atoms with Gasteiger partial charge < -0.3 is 19.9 Å². The maximum atomic E-state index is 13.4. The lowest BCUT2D eigenvalue weighted by Gasteiger charge is -2.29. The van der Waals surface area contributed by atoms with Crippen LogP contribution < -0.4 is 25.0 Å². The highest BCUT2D eigenvalue weighted by atomic mass is 32.1. The van der Waals surface area contributed by atoms with Crippen LogP contribution in [-0.4, -0.2) is 47.6 Å². The molecule has 0 unspecified atom stereocenters. The summed E-state index contributed by atoms with van der Waals surface area (Å²) in [6.07, 6.45) is 1.25. The Labute approximate surface area is 226 Å². The molecular weight excluding hydrogens is 529 g/mol. The maximum Gasteiger partial charge on any atom is 0.335 e. The highest BCUT2D eigenvalue weighted by molar-refractivity contribution is 7.80. The molecule has 0 spiro atoms. The van der Waals surface area contributed by atoms with Gasteiger partial charge in [-0.15, -0.1) is 0 Å². The molecule has 0 saturated carbocycles. The van der Waals surface area contributed by atoms with Crippen LogP contribution in [0.5, 0.6) is 11.5 Å². The van der Waals surface area contributed by atoms with Gasteiger partial charge in [0.1, 0.15) is 11.4 Å². The van der Waals surface area contributed by atoms with E-state index in [0.717, 1.165) is 4.90 Å². The lowest BCUT2D eigenvalue weighted by Crippen LogP contribution is -2.54. The van der Waals surface area contributed by atoms with E-state index in [4.69, 9.17) is 21.7 Å². The van der Waals surface area contributed by atoms with Crippen LogP contribution >= 0.6 is 12.2 Å². The minimum atomic E-state index is -1.20. The van der Waals surface area contributed by atoms with Crippen molar-refractivity contribution < 1.29 is 38.1 Å². The zero-order chi connectivity index (χ0) is 28.1. The van der Waals surface area contributed by atoms with Crippen molar-refractivity contribution in [2.24, 2.45) is 0 Å². The fourth-order valence-corrected chi connectivity index (χ4v) is 3.94. The molecule has 39 heavy (non-hydrogen) atoms. The van der Waals surface area contributed by atoms with Crippen molar-refractivity contribution in [1.29, 1.82) is 0 Å². The van der Waals surface area contributed by atoms with Crippen LogP contribution in [-0.2, 0) is 14.4 Å². The second kappa shape index (κ2) is 11.5. The average molecular weight is 550 g/mol. The molecule has 0 atom stereocenters. The van der Waals surface area contributed by atoms with Gasteiger partial charge in [-0.2, -0.15) is 0 Å². The molecular formula is C27H20FN3O7S. The van der Waals surface area contributed by atoms with Gasteiger partial charge in [0.2, 0.25) is 0 Å². The van der Waals surface area contributed by atoms with E-state index in [1.807, 2.05) is 0 Å². The summed E-state index contributed by atoms with van der Waals surface area (Å²) in [7, 11) is 1.38. The number of nitrogens with one attached hydrogen (secondary N) is 2. The van der Waals surface area contributed by atoms with Crippen LogP contribution in [0.3, 0.4) is 0 Å². The number of carboxylic acid groups (broad SMARTS) is 1. The second-order valence-electron chi connectivity index (χ2n) is 8.04. The minimum Gasteiger partial charge on any atom is -0.493 e. The maximum absolute atomic E-state index is 13.4. The third kappa shape index (κ3) is 6.08. The summed E-state index contributed by atoms with van der Waals surface area (Å²) >= 11 is 5.17. The predicted octanol–water partition coefficient (Wildman–Crippen LogP) is 3.38. The molecule has 3 amide bonds. The van der Waals surface area contributed by atoms with Gasteiger partial charge in [0.25, 0.3) is 17.7 Å². The number of hydrogen-bond donors (Lipinski definition) is 3.